The number of aryl methyl sites for hydroxylation is 2. The average Bonchev–Trinajstić information content (AvgIpc) is 2.77. The van der Waals surface area contributed by atoms with Crippen LogP contribution in [-0.2, 0) is 0 Å². The second-order valence-corrected chi connectivity index (χ2v) is 4.64. The van der Waals surface area contributed by atoms with E-state index in [9.17, 15) is 0 Å². The molecule has 3 nitrogen and oxygen atoms in total. The Kier molecular flexibility index (Phi) is 2.75. The fourth-order valence-electron chi connectivity index (χ4n) is 2.53. The van der Waals surface area contributed by atoms with Crippen LogP contribution in [0, 0.1) is 13.8 Å². The minimum absolute atomic E-state index is 0.864. The van der Waals surface area contributed by atoms with E-state index >= 15 is 0 Å². The SMILES string of the molecule is COc1ccc2ncccc2c1-n1c(C)ccc1C. The molecule has 3 rings (SSSR count). The van der Waals surface area contributed by atoms with Gasteiger partial charge >= 0.3 is 0 Å². The van der Waals surface area contributed by atoms with Crippen LogP contribution in [0.1, 0.15) is 11.4 Å². The summed E-state index contributed by atoms with van der Waals surface area (Å²) in [4.78, 5) is 4.42. The van der Waals surface area contributed by atoms with Crippen LogP contribution in [0.15, 0.2) is 42.6 Å². The fourth-order valence-corrected chi connectivity index (χ4v) is 2.53. The second kappa shape index (κ2) is 4.43. The molecule has 2 aromatic heterocycles. The van der Waals surface area contributed by atoms with E-state index in [-0.39, 0.29) is 0 Å². The van der Waals surface area contributed by atoms with Crippen LogP contribution in [0.25, 0.3) is 16.6 Å². The van der Waals surface area contributed by atoms with Crippen LogP contribution < -0.4 is 4.74 Å². The van der Waals surface area contributed by atoms with Gasteiger partial charge in [0.2, 0.25) is 0 Å². The summed E-state index contributed by atoms with van der Waals surface area (Å²) >= 11 is 0. The molecule has 0 fully saturated rings. The molecule has 96 valence electrons. The van der Waals surface area contributed by atoms with Crippen molar-refractivity contribution in [2.24, 2.45) is 0 Å². The smallest absolute Gasteiger partial charge is 0.143 e. The highest BCUT2D eigenvalue weighted by atomic mass is 16.5. The highest BCUT2D eigenvalue weighted by Crippen LogP contribution is 2.32. The summed E-state index contributed by atoms with van der Waals surface area (Å²) in [5.74, 6) is 0.864. The Hall–Kier alpha value is -2.29. The predicted octanol–water partition coefficient (Wildman–Crippen LogP) is 3.65. The zero-order valence-corrected chi connectivity index (χ0v) is 11.3. The number of hydrogen-bond acceptors (Lipinski definition) is 2. The maximum absolute atomic E-state index is 5.54. The quantitative estimate of drug-likeness (QED) is 0.696. The van der Waals surface area contributed by atoms with E-state index in [2.05, 4.69) is 41.6 Å². The standard InChI is InChI=1S/C16H16N2O/c1-11-6-7-12(2)18(11)16-13-5-4-10-17-14(13)8-9-15(16)19-3/h4-10H,1-3H3. The van der Waals surface area contributed by atoms with Gasteiger partial charge in [-0.25, -0.2) is 0 Å². The Morgan fingerprint density at radius 2 is 1.74 bits per heavy atom. The fraction of sp³-hybridized carbons (Fsp3) is 0.188. The maximum atomic E-state index is 5.54. The third-order valence-electron chi connectivity index (χ3n) is 3.43. The molecule has 0 saturated heterocycles. The van der Waals surface area contributed by atoms with Crippen molar-refractivity contribution in [1.82, 2.24) is 9.55 Å². The average molecular weight is 252 g/mol. The van der Waals surface area contributed by atoms with Gasteiger partial charge in [-0.05, 0) is 50.2 Å². The molecule has 0 saturated carbocycles. The van der Waals surface area contributed by atoms with E-state index in [4.69, 9.17) is 4.74 Å². The summed E-state index contributed by atoms with van der Waals surface area (Å²) in [6.07, 6.45) is 1.81. The van der Waals surface area contributed by atoms with E-state index in [0.717, 1.165) is 22.3 Å². The highest BCUT2D eigenvalue weighted by Gasteiger charge is 2.13. The molecule has 19 heavy (non-hydrogen) atoms. The summed E-state index contributed by atoms with van der Waals surface area (Å²) in [7, 11) is 1.70. The molecule has 3 heteroatoms. The van der Waals surface area contributed by atoms with Crippen LogP contribution in [0.4, 0.5) is 0 Å². The normalized spacial score (nSPS) is 10.9. The van der Waals surface area contributed by atoms with Gasteiger partial charge < -0.3 is 9.30 Å². The van der Waals surface area contributed by atoms with Crippen molar-refractivity contribution in [2.75, 3.05) is 7.11 Å². The molecular formula is C16H16N2O. The molecule has 0 radical (unpaired) electrons. The van der Waals surface area contributed by atoms with Crippen molar-refractivity contribution in [3.63, 3.8) is 0 Å². The van der Waals surface area contributed by atoms with Crippen molar-refractivity contribution in [1.29, 1.82) is 0 Å². The van der Waals surface area contributed by atoms with Crippen molar-refractivity contribution in [3.05, 3.63) is 54.0 Å². The van der Waals surface area contributed by atoms with Crippen molar-refractivity contribution in [2.45, 2.75) is 13.8 Å². The lowest BCUT2D eigenvalue weighted by atomic mass is 10.1. The summed E-state index contributed by atoms with van der Waals surface area (Å²) < 4.78 is 7.75. The monoisotopic (exact) mass is 252 g/mol. The molecule has 0 spiro atoms. The molecule has 0 aliphatic heterocycles. The van der Waals surface area contributed by atoms with Crippen LogP contribution >= 0.6 is 0 Å². The molecular weight excluding hydrogens is 236 g/mol. The van der Waals surface area contributed by atoms with Gasteiger partial charge in [0.05, 0.1) is 18.3 Å². The first-order valence-electron chi connectivity index (χ1n) is 6.29. The molecule has 1 aromatic carbocycles. The van der Waals surface area contributed by atoms with Gasteiger partial charge in [-0.1, -0.05) is 0 Å². The van der Waals surface area contributed by atoms with Gasteiger partial charge in [0.1, 0.15) is 5.75 Å². The van der Waals surface area contributed by atoms with Crippen molar-refractivity contribution >= 4 is 10.9 Å². The summed E-state index contributed by atoms with van der Waals surface area (Å²) in [6, 6.07) is 12.2. The van der Waals surface area contributed by atoms with E-state index in [0.29, 0.717) is 0 Å². The molecule has 0 N–H and O–H groups in total. The van der Waals surface area contributed by atoms with E-state index in [1.807, 2.05) is 24.4 Å². The number of aromatic nitrogens is 2. The number of methoxy groups -OCH3 is 1. The Morgan fingerprint density at radius 3 is 2.42 bits per heavy atom. The van der Waals surface area contributed by atoms with Gasteiger partial charge in [0, 0.05) is 23.0 Å². The number of benzene rings is 1. The molecule has 0 aliphatic carbocycles. The van der Waals surface area contributed by atoms with Gasteiger partial charge in [0.15, 0.2) is 0 Å². The third kappa shape index (κ3) is 1.78. The lowest BCUT2D eigenvalue weighted by molar-refractivity contribution is 0.413. The minimum Gasteiger partial charge on any atom is -0.495 e. The number of rotatable bonds is 2. The Labute approximate surface area is 112 Å². The highest BCUT2D eigenvalue weighted by molar-refractivity contribution is 5.90. The Morgan fingerprint density at radius 1 is 1.00 bits per heavy atom. The zero-order chi connectivity index (χ0) is 13.4. The number of ether oxygens (including phenoxy) is 1. The number of hydrogen-bond donors (Lipinski definition) is 0. The summed E-state index contributed by atoms with van der Waals surface area (Å²) in [5, 5.41) is 1.10. The van der Waals surface area contributed by atoms with Crippen molar-refractivity contribution < 1.29 is 4.74 Å². The third-order valence-corrected chi connectivity index (χ3v) is 3.43. The van der Waals surface area contributed by atoms with Crippen molar-refractivity contribution in [3.8, 4) is 11.4 Å². The maximum Gasteiger partial charge on any atom is 0.143 e. The van der Waals surface area contributed by atoms with Crippen LogP contribution in [-0.4, -0.2) is 16.7 Å². The molecule has 0 amide bonds. The second-order valence-electron chi connectivity index (χ2n) is 4.64. The van der Waals surface area contributed by atoms with E-state index in [1.54, 1.807) is 7.11 Å². The first-order chi connectivity index (χ1) is 9.22. The summed E-state index contributed by atoms with van der Waals surface area (Å²) in [5.41, 5.74) is 4.42. The van der Waals surface area contributed by atoms with Gasteiger partial charge in [0.25, 0.3) is 0 Å². The van der Waals surface area contributed by atoms with Crippen LogP contribution in [0.5, 0.6) is 5.75 Å². The van der Waals surface area contributed by atoms with E-state index < -0.39 is 0 Å². The molecule has 0 bridgehead atoms. The summed E-state index contributed by atoms with van der Waals surface area (Å²) in [6.45, 7) is 4.20. The number of nitrogens with zero attached hydrogens (tertiary/aromatic N) is 2. The van der Waals surface area contributed by atoms with Crippen LogP contribution in [0.3, 0.4) is 0 Å². The Bertz CT molecular complexity index is 724. The largest absolute Gasteiger partial charge is 0.495 e. The lowest BCUT2D eigenvalue weighted by Crippen LogP contribution is -2.03. The predicted molar refractivity (Wildman–Crippen MR) is 77.1 cm³/mol. The molecule has 3 aromatic rings. The number of pyridine rings is 1. The van der Waals surface area contributed by atoms with E-state index in [1.165, 1.54) is 11.4 Å². The zero-order valence-electron chi connectivity index (χ0n) is 11.3. The van der Waals surface area contributed by atoms with Gasteiger partial charge in [-0.2, -0.15) is 0 Å². The molecule has 2 heterocycles. The Balaban J connectivity index is 2.44. The topological polar surface area (TPSA) is 27.1 Å². The first-order valence-corrected chi connectivity index (χ1v) is 6.29. The first kappa shape index (κ1) is 11.8. The lowest BCUT2D eigenvalue weighted by Gasteiger charge is -2.16. The van der Waals surface area contributed by atoms with Gasteiger partial charge in [-0.3, -0.25) is 4.98 Å². The molecule has 0 unspecified atom stereocenters. The van der Waals surface area contributed by atoms with Gasteiger partial charge in [-0.15, -0.1) is 0 Å². The van der Waals surface area contributed by atoms with Crippen LogP contribution in [0.2, 0.25) is 0 Å². The molecule has 0 aliphatic rings. The number of fused-ring (bicyclic) bond motifs is 1. The molecule has 0 atom stereocenters. The minimum atomic E-state index is 0.864.